The first-order chi connectivity index (χ1) is 3.30. The molecule has 0 aliphatic carbocycles. The molecular formula is C4H2F2S. The van der Waals surface area contributed by atoms with Gasteiger partial charge in [-0.15, -0.1) is 11.3 Å². The third-order valence-corrected chi connectivity index (χ3v) is 1.26. The fraction of sp³-hybridized carbons (Fsp3) is 0. The van der Waals surface area contributed by atoms with Crippen molar-refractivity contribution >= 4 is 11.3 Å². The summed E-state index contributed by atoms with van der Waals surface area (Å²) in [4.78, 5) is 0. The van der Waals surface area contributed by atoms with Crippen LogP contribution in [0, 0.1) is 11.6 Å². The van der Waals surface area contributed by atoms with E-state index in [0.29, 0.717) is 0 Å². The van der Waals surface area contributed by atoms with Crippen molar-refractivity contribution in [1.29, 1.82) is 0 Å². The Hall–Kier alpha value is -0.440. The third-order valence-electron chi connectivity index (χ3n) is 0.571. The highest BCUT2D eigenvalue weighted by atomic mass is 32.1. The number of thiophene rings is 1. The van der Waals surface area contributed by atoms with E-state index in [1.165, 1.54) is 0 Å². The van der Waals surface area contributed by atoms with Crippen molar-refractivity contribution < 1.29 is 8.78 Å². The SMILES string of the molecule is Fc1cscc1F. The fourth-order valence-electron chi connectivity index (χ4n) is 0.266. The van der Waals surface area contributed by atoms with Crippen molar-refractivity contribution in [2.24, 2.45) is 0 Å². The van der Waals surface area contributed by atoms with Gasteiger partial charge < -0.3 is 0 Å². The first-order valence-electron chi connectivity index (χ1n) is 1.68. The van der Waals surface area contributed by atoms with Crippen LogP contribution in [0.25, 0.3) is 0 Å². The highest BCUT2D eigenvalue weighted by molar-refractivity contribution is 7.07. The lowest BCUT2D eigenvalue weighted by atomic mass is 10.6. The molecule has 0 aromatic carbocycles. The predicted molar refractivity (Wildman–Crippen MR) is 24.2 cm³/mol. The Morgan fingerprint density at radius 1 is 1.14 bits per heavy atom. The molecule has 0 amide bonds. The van der Waals surface area contributed by atoms with E-state index in [-0.39, 0.29) is 0 Å². The van der Waals surface area contributed by atoms with Gasteiger partial charge >= 0.3 is 0 Å². The van der Waals surface area contributed by atoms with E-state index < -0.39 is 11.6 Å². The lowest BCUT2D eigenvalue weighted by molar-refractivity contribution is 0.516. The summed E-state index contributed by atoms with van der Waals surface area (Å²) in [6, 6.07) is 0. The van der Waals surface area contributed by atoms with Crippen LogP contribution in [0.5, 0.6) is 0 Å². The summed E-state index contributed by atoms with van der Waals surface area (Å²) in [7, 11) is 0. The van der Waals surface area contributed by atoms with Crippen molar-refractivity contribution in [3.05, 3.63) is 22.4 Å². The minimum Gasteiger partial charge on any atom is -0.203 e. The van der Waals surface area contributed by atoms with Gasteiger partial charge in [-0.3, -0.25) is 0 Å². The molecule has 0 aliphatic heterocycles. The van der Waals surface area contributed by atoms with Crippen molar-refractivity contribution in [3.8, 4) is 0 Å². The summed E-state index contributed by atoms with van der Waals surface area (Å²) in [6.07, 6.45) is 0. The Morgan fingerprint density at radius 3 is 1.71 bits per heavy atom. The van der Waals surface area contributed by atoms with Crippen LogP contribution in [-0.2, 0) is 0 Å². The van der Waals surface area contributed by atoms with Gasteiger partial charge in [0.05, 0.1) is 0 Å². The quantitative estimate of drug-likeness (QED) is 0.491. The molecule has 0 radical (unpaired) electrons. The monoisotopic (exact) mass is 120 g/mol. The van der Waals surface area contributed by atoms with E-state index >= 15 is 0 Å². The van der Waals surface area contributed by atoms with Gasteiger partial charge in [0.2, 0.25) is 0 Å². The molecule has 1 rings (SSSR count). The molecule has 0 unspecified atom stereocenters. The highest BCUT2D eigenvalue weighted by Gasteiger charge is 1.96. The smallest absolute Gasteiger partial charge is 0.169 e. The lowest BCUT2D eigenvalue weighted by Gasteiger charge is -1.70. The summed E-state index contributed by atoms with van der Waals surface area (Å²) < 4.78 is 23.4. The topological polar surface area (TPSA) is 0 Å². The fourth-order valence-corrected chi connectivity index (χ4v) is 0.798. The van der Waals surface area contributed by atoms with Crippen LogP contribution in [0.15, 0.2) is 10.8 Å². The average molecular weight is 120 g/mol. The van der Waals surface area contributed by atoms with Crippen LogP contribution in [0.3, 0.4) is 0 Å². The maximum Gasteiger partial charge on any atom is 0.169 e. The summed E-state index contributed by atoms with van der Waals surface area (Å²) in [6.45, 7) is 0. The Morgan fingerprint density at radius 2 is 1.57 bits per heavy atom. The molecule has 1 aromatic rings. The zero-order chi connectivity index (χ0) is 5.28. The first kappa shape index (κ1) is 4.71. The molecule has 38 valence electrons. The molecule has 7 heavy (non-hydrogen) atoms. The lowest BCUT2D eigenvalue weighted by Crippen LogP contribution is -1.66. The van der Waals surface area contributed by atoms with Crippen LogP contribution in [-0.4, -0.2) is 0 Å². The van der Waals surface area contributed by atoms with Gasteiger partial charge in [-0.05, 0) is 0 Å². The van der Waals surface area contributed by atoms with E-state index in [2.05, 4.69) is 0 Å². The van der Waals surface area contributed by atoms with E-state index in [1.807, 2.05) is 0 Å². The summed E-state index contributed by atoms with van der Waals surface area (Å²) in [5.74, 6) is -1.52. The zero-order valence-corrected chi connectivity index (χ0v) is 4.14. The van der Waals surface area contributed by atoms with Gasteiger partial charge in [0, 0.05) is 10.8 Å². The molecule has 0 bridgehead atoms. The molecule has 0 saturated heterocycles. The Labute approximate surface area is 43.4 Å². The Kier molecular flexibility index (Phi) is 1.06. The van der Waals surface area contributed by atoms with Gasteiger partial charge in [-0.1, -0.05) is 0 Å². The van der Waals surface area contributed by atoms with Gasteiger partial charge in [-0.25, -0.2) is 8.78 Å². The zero-order valence-electron chi connectivity index (χ0n) is 3.32. The van der Waals surface area contributed by atoms with Crippen LogP contribution in [0.1, 0.15) is 0 Å². The Balaban J connectivity index is 3.12. The normalized spacial score (nSPS) is 9.43. The molecule has 0 spiro atoms. The van der Waals surface area contributed by atoms with Gasteiger partial charge in [-0.2, -0.15) is 0 Å². The first-order valence-corrected chi connectivity index (χ1v) is 2.62. The molecule has 0 fully saturated rings. The van der Waals surface area contributed by atoms with E-state index in [9.17, 15) is 8.78 Å². The van der Waals surface area contributed by atoms with Crippen LogP contribution >= 0.6 is 11.3 Å². The number of hydrogen-bond acceptors (Lipinski definition) is 1. The minimum absolute atomic E-state index is 0.759. The molecule has 0 saturated carbocycles. The van der Waals surface area contributed by atoms with Gasteiger partial charge in [0.1, 0.15) is 0 Å². The molecule has 0 nitrogen and oxygen atoms in total. The molecule has 0 N–H and O–H groups in total. The van der Waals surface area contributed by atoms with Gasteiger partial charge in [0.25, 0.3) is 0 Å². The molecule has 0 atom stereocenters. The second-order valence-electron chi connectivity index (χ2n) is 1.07. The van der Waals surface area contributed by atoms with Crippen molar-refractivity contribution in [3.63, 3.8) is 0 Å². The standard InChI is InChI=1S/C4H2F2S/c5-3-1-7-2-4(3)6/h1-2H. The minimum atomic E-state index is -0.759. The molecule has 0 aliphatic rings. The van der Waals surface area contributed by atoms with E-state index in [1.54, 1.807) is 0 Å². The second-order valence-corrected chi connectivity index (χ2v) is 1.81. The van der Waals surface area contributed by atoms with Gasteiger partial charge in [0.15, 0.2) is 11.6 Å². The molecule has 3 heteroatoms. The Bertz CT molecular complexity index is 142. The summed E-state index contributed by atoms with van der Waals surface area (Å²) in [5.41, 5.74) is 0. The largest absolute Gasteiger partial charge is 0.203 e. The average Bonchev–Trinajstić information content (AvgIpc) is 1.91. The maximum atomic E-state index is 11.7. The van der Waals surface area contributed by atoms with Crippen LogP contribution < -0.4 is 0 Å². The number of halogens is 2. The summed E-state index contributed by atoms with van der Waals surface area (Å²) in [5, 5.41) is 2.24. The van der Waals surface area contributed by atoms with E-state index in [0.717, 1.165) is 22.1 Å². The van der Waals surface area contributed by atoms with Crippen LogP contribution in [0.4, 0.5) is 8.78 Å². The van der Waals surface area contributed by atoms with Crippen molar-refractivity contribution in [1.82, 2.24) is 0 Å². The summed E-state index contributed by atoms with van der Waals surface area (Å²) >= 11 is 1.02. The third kappa shape index (κ3) is 0.771. The van der Waals surface area contributed by atoms with Crippen LogP contribution in [0.2, 0.25) is 0 Å². The van der Waals surface area contributed by atoms with Crippen molar-refractivity contribution in [2.45, 2.75) is 0 Å². The predicted octanol–water partition coefficient (Wildman–Crippen LogP) is 2.03. The maximum absolute atomic E-state index is 11.7. The number of rotatable bonds is 0. The van der Waals surface area contributed by atoms with E-state index in [4.69, 9.17) is 0 Å². The number of hydrogen-bond donors (Lipinski definition) is 0. The molecule has 1 aromatic heterocycles. The molecule has 1 heterocycles. The van der Waals surface area contributed by atoms with Crippen molar-refractivity contribution in [2.75, 3.05) is 0 Å². The second kappa shape index (κ2) is 1.58. The highest BCUT2D eigenvalue weighted by Crippen LogP contribution is 2.08. The molecular weight excluding hydrogens is 118 g/mol.